The second-order valence-corrected chi connectivity index (χ2v) is 12.9. The number of nitrogens with zero attached hydrogens (tertiary/aromatic N) is 1. The Morgan fingerprint density at radius 2 is 1.86 bits per heavy atom. The van der Waals surface area contributed by atoms with Gasteiger partial charge in [-0.2, -0.15) is 0 Å². The van der Waals surface area contributed by atoms with E-state index in [1.165, 1.54) is 29.4 Å². The number of methoxy groups -OCH3 is 1. The van der Waals surface area contributed by atoms with Gasteiger partial charge in [0.05, 0.1) is 30.3 Å². The lowest BCUT2D eigenvalue weighted by molar-refractivity contribution is -0.139. The first-order valence-corrected chi connectivity index (χ1v) is 15.7. The van der Waals surface area contributed by atoms with Crippen LogP contribution in [0.2, 0.25) is 5.02 Å². The molecule has 0 saturated heterocycles. The van der Waals surface area contributed by atoms with E-state index in [2.05, 4.69) is 42.5 Å². The van der Waals surface area contributed by atoms with Gasteiger partial charge in [0.1, 0.15) is 0 Å². The van der Waals surface area contributed by atoms with Gasteiger partial charge in [-0.15, -0.1) is 11.8 Å². The highest BCUT2D eigenvalue weighted by Gasteiger charge is 2.26. The molecule has 216 valence electrons. The van der Waals surface area contributed by atoms with Crippen molar-refractivity contribution in [2.45, 2.75) is 50.4 Å². The first-order chi connectivity index (χ1) is 20.2. The first kappa shape index (κ1) is 30.1. The van der Waals surface area contributed by atoms with E-state index in [0.29, 0.717) is 11.4 Å². The summed E-state index contributed by atoms with van der Waals surface area (Å²) in [5.74, 6) is 0.724. The lowest BCUT2D eigenvalue weighted by Gasteiger charge is -2.23. The molecule has 0 aliphatic heterocycles. The maximum Gasteiger partial charge on any atom is 0.309 e. The van der Waals surface area contributed by atoms with Gasteiger partial charge < -0.3 is 9.84 Å². The number of aromatic nitrogens is 1. The molecule has 0 spiro atoms. The molecular formula is C36H36ClNO3S. The number of esters is 1. The van der Waals surface area contributed by atoms with Crippen LogP contribution in [-0.2, 0) is 21.6 Å². The van der Waals surface area contributed by atoms with Crippen molar-refractivity contribution >= 4 is 52.4 Å². The van der Waals surface area contributed by atoms with Gasteiger partial charge in [0.2, 0.25) is 0 Å². The van der Waals surface area contributed by atoms with Crippen molar-refractivity contribution in [2.24, 2.45) is 0 Å². The number of pyridine rings is 1. The third kappa shape index (κ3) is 7.91. The Morgan fingerprint density at radius 3 is 2.67 bits per heavy atom. The molecule has 1 aliphatic rings. The summed E-state index contributed by atoms with van der Waals surface area (Å²) in [6.07, 6.45) is 7.24. The highest BCUT2D eigenvalue weighted by atomic mass is 35.5. The van der Waals surface area contributed by atoms with Crippen molar-refractivity contribution in [1.29, 1.82) is 0 Å². The molecule has 0 saturated carbocycles. The van der Waals surface area contributed by atoms with Gasteiger partial charge in [0.15, 0.2) is 0 Å². The number of ether oxygens (including phenoxy) is 1. The van der Waals surface area contributed by atoms with Crippen molar-refractivity contribution in [1.82, 2.24) is 4.98 Å². The zero-order valence-corrected chi connectivity index (χ0v) is 25.8. The Hall–Kier alpha value is -3.38. The average molecular weight is 598 g/mol. The largest absolute Gasteiger partial charge is 0.469 e. The van der Waals surface area contributed by atoms with E-state index in [0.717, 1.165) is 52.7 Å². The molecule has 1 N–H and O–H groups in total. The van der Waals surface area contributed by atoms with Crippen molar-refractivity contribution in [3.63, 3.8) is 0 Å². The van der Waals surface area contributed by atoms with Crippen LogP contribution in [0.15, 0.2) is 90.0 Å². The topological polar surface area (TPSA) is 59.4 Å². The van der Waals surface area contributed by atoms with Crippen LogP contribution in [0.5, 0.6) is 0 Å². The van der Waals surface area contributed by atoms with Crippen LogP contribution in [0.1, 0.15) is 66.3 Å². The number of halogens is 1. The number of fused-ring (bicyclic) bond motifs is 1. The van der Waals surface area contributed by atoms with E-state index in [-0.39, 0.29) is 11.2 Å². The normalized spacial score (nSPS) is 14.0. The van der Waals surface area contributed by atoms with E-state index < -0.39 is 5.60 Å². The van der Waals surface area contributed by atoms with Gasteiger partial charge in [-0.1, -0.05) is 89.5 Å². The lowest BCUT2D eigenvalue weighted by atomic mass is 9.90. The number of carbonyl (C=O) groups is 1. The van der Waals surface area contributed by atoms with E-state index in [1.54, 1.807) is 0 Å². The molecule has 4 nitrogen and oxygen atoms in total. The lowest BCUT2D eigenvalue weighted by Crippen LogP contribution is -2.18. The number of aryl methyl sites for hydroxylation is 1. The maximum absolute atomic E-state index is 11.7. The maximum atomic E-state index is 11.7. The molecule has 3 aromatic carbocycles. The van der Waals surface area contributed by atoms with Gasteiger partial charge >= 0.3 is 5.97 Å². The Kier molecular flexibility index (Phi) is 9.52. The fourth-order valence-corrected chi connectivity index (χ4v) is 6.71. The number of hydrogen-bond acceptors (Lipinski definition) is 5. The minimum Gasteiger partial charge on any atom is -0.469 e. The minimum absolute atomic E-state index is 0.173. The predicted molar refractivity (Wildman–Crippen MR) is 176 cm³/mol. The fourth-order valence-electron chi connectivity index (χ4n) is 5.21. The van der Waals surface area contributed by atoms with Crippen molar-refractivity contribution in [3.8, 4) is 0 Å². The molecule has 6 heteroatoms. The second-order valence-electron chi connectivity index (χ2n) is 11.3. The highest BCUT2D eigenvalue weighted by molar-refractivity contribution is 7.99. The standard InChI is InChI=1S/C36H36ClNO3S/c1-36(2,40)32-10-5-4-8-25(32)14-18-34(42-23-29-20-28(29)21-35(39)41-3)27-9-6-7-24(19-27)11-16-31-17-13-26-12-15-30(37)22-33(26)38-31/h4-13,15-17,19,22,34,40H,14,18,20-21,23H2,1-3H3/t34-/m1/s1. The summed E-state index contributed by atoms with van der Waals surface area (Å²) in [4.78, 5) is 16.5. The monoisotopic (exact) mass is 597 g/mol. The number of thioether (sulfide) groups is 1. The van der Waals surface area contributed by atoms with Gasteiger partial charge in [-0.05, 0) is 79.6 Å². The van der Waals surface area contributed by atoms with Crippen molar-refractivity contribution in [2.75, 3.05) is 12.9 Å². The Labute approximate surface area is 257 Å². The SMILES string of the molecule is COC(=O)CC1=C(CS[C@H](CCc2ccccc2C(C)(C)O)c2cccc(C=Cc3ccc4ccc(Cl)cc4n3)c2)C1. The van der Waals surface area contributed by atoms with E-state index >= 15 is 0 Å². The third-order valence-corrected chi connectivity index (χ3v) is 9.26. The molecule has 0 bridgehead atoms. The Bertz CT molecular complexity index is 1650. The quantitative estimate of drug-likeness (QED) is 0.130. The van der Waals surface area contributed by atoms with Crippen LogP contribution >= 0.6 is 23.4 Å². The van der Waals surface area contributed by atoms with Crippen LogP contribution in [0, 0.1) is 0 Å². The third-order valence-electron chi connectivity index (χ3n) is 7.60. The van der Waals surface area contributed by atoms with Gasteiger partial charge in [-0.25, -0.2) is 4.98 Å². The minimum atomic E-state index is -0.895. The molecule has 0 fully saturated rings. The molecule has 1 aromatic heterocycles. The van der Waals surface area contributed by atoms with Crippen LogP contribution in [0.4, 0.5) is 0 Å². The van der Waals surface area contributed by atoms with Crippen LogP contribution in [-0.4, -0.2) is 28.9 Å². The molecule has 5 rings (SSSR count). The zero-order chi connectivity index (χ0) is 29.7. The van der Waals surface area contributed by atoms with Crippen LogP contribution in [0.3, 0.4) is 0 Å². The highest BCUT2D eigenvalue weighted by Crippen LogP contribution is 2.42. The summed E-state index contributed by atoms with van der Waals surface area (Å²) in [6, 6.07) is 26.7. The molecule has 1 atom stereocenters. The number of aliphatic hydroxyl groups is 1. The summed E-state index contributed by atoms with van der Waals surface area (Å²) >= 11 is 8.10. The second kappa shape index (κ2) is 13.3. The van der Waals surface area contributed by atoms with Gasteiger partial charge in [0, 0.05) is 21.4 Å². The summed E-state index contributed by atoms with van der Waals surface area (Å²) in [5, 5.41) is 12.7. The number of carbonyl (C=O) groups excluding carboxylic acids is 1. The van der Waals surface area contributed by atoms with E-state index in [4.69, 9.17) is 21.3 Å². The molecule has 4 aromatic rings. The number of hydrogen-bond donors (Lipinski definition) is 1. The summed E-state index contributed by atoms with van der Waals surface area (Å²) < 4.78 is 4.85. The van der Waals surface area contributed by atoms with Crippen LogP contribution in [0.25, 0.3) is 23.1 Å². The predicted octanol–water partition coefficient (Wildman–Crippen LogP) is 8.96. The average Bonchev–Trinajstić information content (AvgIpc) is 3.72. The fraction of sp³-hybridized carbons (Fsp3) is 0.278. The number of rotatable bonds is 12. The van der Waals surface area contributed by atoms with Gasteiger partial charge in [-0.3, -0.25) is 4.79 Å². The van der Waals surface area contributed by atoms with Crippen molar-refractivity contribution in [3.05, 3.63) is 123 Å². The molecule has 0 radical (unpaired) electrons. The van der Waals surface area contributed by atoms with Crippen molar-refractivity contribution < 1.29 is 14.6 Å². The van der Waals surface area contributed by atoms with E-state index in [1.807, 2.05) is 74.1 Å². The van der Waals surface area contributed by atoms with Crippen LogP contribution < -0.4 is 0 Å². The Morgan fingerprint density at radius 1 is 1.05 bits per heavy atom. The Balaban J connectivity index is 1.36. The molecule has 0 unspecified atom stereocenters. The molecule has 0 amide bonds. The van der Waals surface area contributed by atoms with Gasteiger partial charge in [0.25, 0.3) is 0 Å². The number of benzene rings is 3. The zero-order valence-electron chi connectivity index (χ0n) is 24.3. The van der Waals surface area contributed by atoms with E-state index in [9.17, 15) is 9.90 Å². The summed E-state index contributed by atoms with van der Waals surface area (Å²) in [6.45, 7) is 3.69. The molecule has 42 heavy (non-hydrogen) atoms. The molecular weight excluding hydrogens is 562 g/mol. The summed E-state index contributed by atoms with van der Waals surface area (Å²) in [7, 11) is 1.44. The summed E-state index contributed by atoms with van der Waals surface area (Å²) in [5.41, 5.74) is 7.94. The smallest absolute Gasteiger partial charge is 0.309 e. The first-order valence-electron chi connectivity index (χ1n) is 14.2. The molecule has 1 heterocycles. The molecule has 1 aliphatic carbocycles.